The van der Waals surface area contributed by atoms with Crippen molar-refractivity contribution in [3.63, 3.8) is 0 Å². The van der Waals surface area contributed by atoms with Crippen LogP contribution in [0.15, 0.2) is 55.3 Å². The molecule has 0 heterocycles. The Balaban J connectivity index is 1.73. The highest BCUT2D eigenvalue weighted by atomic mass is 31.2. The number of rotatable bonds is 11. The summed E-state index contributed by atoms with van der Waals surface area (Å²) in [4.78, 5) is 12.2. The van der Waals surface area contributed by atoms with E-state index in [4.69, 9.17) is 4.52 Å². The first-order valence-corrected chi connectivity index (χ1v) is 11.5. The van der Waals surface area contributed by atoms with Crippen molar-refractivity contribution in [1.82, 2.24) is 10.2 Å². The Kier molecular flexibility index (Phi) is 9.35. The predicted octanol–water partition coefficient (Wildman–Crippen LogP) is 5.32. The molecule has 0 aliphatic heterocycles. The first-order chi connectivity index (χ1) is 13.8. The normalized spacial score (nSPS) is 20.4. The van der Waals surface area contributed by atoms with Crippen molar-refractivity contribution in [1.29, 1.82) is 0 Å². The molecule has 0 spiro atoms. The lowest BCUT2D eigenvalue weighted by Crippen LogP contribution is -2.25. The molecule has 2 N–H and O–H groups in total. The number of nitrogens with one attached hydrogen (secondary N) is 1. The predicted molar refractivity (Wildman–Crippen MR) is 120 cm³/mol. The van der Waals surface area contributed by atoms with Crippen molar-refractivity contribution in [2.75, 3.05) is 19.8 Å². The summed E-state index contributed by atoms with van der Waals surface area (Å²) in [5.74, 6) is 0.00375. The quantitative estimate of drug-likeness (QED) is 0.375. The Labute approximate surface area is 176 Å². The maximum absolute atomic E-state index is 14.1. The zero-order valence-electron chi connectivity index (χ0n) is 17.8. The molecule has 1 aliphatic carbocycles. The summed E-state index contributed by atoms with van der Waals surface area (Å²) >= 11 is 0. The minimum Gasteiger partial charge on any atom is -0.375 e. The number of hydrogen-bond donors (Lipinski definition) is 2. The second-order valence-corrected chi connectivity index (χ2v) is 9.26. The zero-order chi connectivity index (χ0) is 21.4. The van der Waals surface area contributed by atoms with Crippen molar-refractivity contribution < 1.29 is 13.8 Å². The first-order valence-electron chi connectivity index (χ1n) is 10.1. The monoisotopic (exact) mass is 420 g/mol. The fourth-order valence-electron chi connectivity index (χ4n) is 3.72. The summed E-state index contributed by atoms with van der Waals surface area (Å²) in [6.45, 7) is 11.9. The van der Waals surface area contributed by atoms with E-state index < -0.39 is 14.2 Å². The van der Waals surface area contributed by atoms with E-state index in [1.54, 1.807) is 0 Å². The molecule has 1 aliphatic rings. The van der Waals surface area contributed by atoms with Crippen molar-refractivity contribution in [3.8, 4) is 0 Å². The molecule has 3 atom stereocenters. The maximum atomic E-state index is 14.1. The van der Waals surface area contributed by atoms with Crippen LogP contribution < -0.4 is 5.32 Å². The van der Waals surface area contributed by atoms with Gasteiger partial charge in [-0.05, 0) is 62.8 Å². The molecule has 0 aromatic heterocycles. The van der Waals surface area contributed by atoms with Crippen LogP contribution in [0.25, 0.3) is 0 Å². The Hall–Kier alpha value is -1.68. The second-order valence-electron chi connectivity index (χ2n) is 7.85. The summed E-state index contributed by atoms with van der Waals surface area (Å²) in [6, 6.07) is 6.69. The van der Waals surface area contributed by atoms with E-state index >= 15 is 0 Å². The second kappa shape index (κ2) is 11.5. The summed E-state index contributed by atoms with van der Waals surface area (Å²) in [5, 5.41) is 2.67. The van der Waals surface area contributed by atoms with Crippen LogP contribution in [0.2, 0.25) is 0 Å². The molecule has 0 saturated heterocycles. The van der Waals surface area contributed by atoms with Crippen LogP contribution in [0.5, 0.6) is 0 Å². The van der Waals surface area contributed by atoms with E-state index in [2.05, 4.69) is 50.5 Å². The molecule has 1 saturated carbocycles. The number of halogens is 1. The fourth-order valence-corrected chi connectivity index (χ4v) is 4.67. The lowest BCUT2D eigenvalue weighted by atomic mass is 10.0. The zero-order valence-corrected chi connectivity index (χ0v) is 18.7. The van der Waals surface area contributed by atoms with E-state index in [9.17, 15) is 9.28 Å². The number of aryl methyl sites for hydroxylation is 3. The minimum absolute atomic E-state index is 0.208. The molecule has 0 radical (unpaired) electrons. The van der Waals surface area contributed by atoms with Gasteiger partial charge in [-0.2, -0.15) is 0 Å². The third kappa shape index (κ3) is 7.58. The van der Waals surface area contributed by atoms with Crippen LogP contribution >= 0.6 is 8.38 Å². The highest BCUT2D eigenvalue weighted by molar-refractivity contribution is 7.46. The molecule has 6 heteroatoms. The van der Waals surface area contributed by atoms with E-state index in [1.807, 2.05) is 11.9 Å². The van der Waals surface area contributed by atoms with Crippen molar-refractivity contribution in [2.45, 2.75) is 45.6 Å². The number of hydrogen-bond acceptors (Lipinski definition) is 4. The summed E-state index contributed by atoms with van der Waals surface area (Å²) in [6.07, 6.45) is 7.32. The van der Waals surface area contributed by atoms with Gasteiger partial charge in [0.15, 0.2) is 14.2 Å². The van der Waals surface area contributed by atoms with Gasteiger partial charge in [-0.1, -0.05) is 36.9 Å². The molecule has 2 rings (SSSR count). The third-order valence-corrected chi connectivity index (χ3v) is 6.55. The Morgan fingerprint density at radius 1 is 1.41 bits per heavy atom. The van der Waals surface area contributed by atoms with Crippen molar-refractivity contribution in [3.05, 3.63) is 72.0 Å². The largest absolute Gasteiger partial charge is 0.375 e. The molecule has 3 unspecified atom stereocenters. The van der Waals surface area contributed by atoms with Gasteiger partial charge in [0, 0.05) is 25.5 Å². The molecule has 0 amide bonds. The molecule has 1 aromatic rings. The van der Waals surface area contributed by atoms with Crippen LogP contribution in [0, 0.1) is 19.8 Å². The smallest absolute Gasteiger partial charge is 0.168 e. The van der Waals surface area contributed by atoms with Gasteiger partial charge in [-0.15, -0.1) is 0 Å². The molecular weight excluding hydrogens is 386 g/mol. The van der Waals surface area contributed by atoms with Gasteiger partial charge in [0.25, 0.3) is 0 Å². The molecule has 1 aromatic carbocycles. The van der Waals surface area contributed by atoms with Crippen molar-refractivity contribution in [2.24, 2.45) is 5.92 Å². The number of benzene rings is 1. The van der Waals surface area contributed by atoms with E-state index in [1.165, 1.54) is 29.1 Å². The Morgan fingerprint density at radius 2 is 2.17 bits per heavy atom. The fraction of sp³-hybridized carbons (Fsp3) is 0.478. The van der Waals surface area contributed by atoms with Crippen molar-refractivity contribution >= 4 is 8.38 Å². The van der Waals surface area contributed by atoms with Gasteiger partial charge in [-0.3, -0.25) is 0 Å². The van der Waals surface area contributed by atoms with Crippen LogP contribution in [0.1, 0.15) is 36.0 Å². The van der Waals surface area contributed by atoms with Crippen LogP contribution in [0.3, 0.4) is 0 Å². The van der Waals surface area contributed by atoms with Gasteiger partial charge in [-0.25, -0.2) is 4.39 Å². The minimum atomic E-state index is -1.41. The van der Waals surface area contributed by atoms with Crippen LogP contribution in [-0.4, -0.2) is 35.7 Å². The van der Waals surface area contributed by atoms with E-state index in [0.717, 1.165) is 25.7 Å². The van der Waals surface area contributed by atoms with Crippen LogP contribution in [0.4, 0.5) is 4.39 Å². The summed E-state index contributed by atoms with van der Waals surface area (Å²) < 4.78 is 19.8. The Bertz CT molecular complexity index is 738. The van der Waals surface area contributed by atoms with Gasteiger partial charge in [0.05, 0.1) is 12.3 Å². The lowest BCUT2D eigenvalue weighted by molar-refractivity contribution is 0.238. The van der Waals surface area contributed by atoms with E-state index in [0.29, 0.717) is 18.7 Å². The molecule has 1 fully saturated rings. The molecule has 29 heavy (non-hydrogen) atoms. The third-order valence-electron chi connectivity index (χ3n) is 5.50. The number of nitrogens with zero attached hydrogens (tertiary/aromatic N) is 1. The number of allylic oxidation sites excluding steroid dienone is 1. The van der Waals surface area contributed by atoms with Gasteiger partial charge in [0.1, 0.15) is 0 Å². The SMILES string of the molecule is C=CNC(=C)/C(F)=C\N(C)C1CCC(COP(O)CCc2ccc(C)cc2C)C1. The van der Waals surface area contributed by atoms with Gasteiger partial charge < -0.3 is 19.6 Å². The average Bonchev–Trinajstić information content (AvgIpc) is 3.15. The molecule has 160 valence electrons. The molecule has 0 bridgehead atoms. The molecular formula is C23H34FN2O2P. The standard InChI is InChI=1S/C23H34FN2O2P/c1-6-25-19(4)23(24)15-26(5)22-10-8-20(14-22)16-28-29(27)12-11-21-9-7-17(2)13-18(21)3/h6-7,9,13,15,20,22,25,27H,1,4,8,10-12,14,16H2,2-3,5H3/b23-15+. The first kappa shape index (κ1) is 23.6. The van der Waals surface area contributed by atoms with Crippen LogP contribution in [-0.2, 0) is 10.9 Å². The summed E-state index contributed by atoms with van der Waals surface area (Å²) in [5.41, 5.74) is 4.00. The van der Waals surface area contributed by atoms with Gasteiger partial charge in [0.2, 0.25) is 0 Å². The molecule has 4 nitrogen and oxygen atoms in total. The highest BCUT2D eigenvalue weighted by Crippen LogP contribution is 2.37. The summed E-state index contributed by atoms with van der Waals surface area (Å²) in [7, 11) is 0.475. The van der Waals surface area contributed by atoms with Gasteiger partial charge >= 0.3 is 0 Å². The highest BCUT2D eigenvalue weighted by Gasteiger charge is 2.27. The maximum Gasteiger partial charge on any atom is 0.168 e. The average molecular weight is 421 g/mol. The Morgan fingerprint density at radius 3 is 2.86 bits per heavy atom. The topological polar surface area (TPSA) is 44.7 Å². The lowest BCUT2D eigenvalue weighted by Gasteiger charge is -2.23. The van der Waals surface area contributed by atoms with E-state index in [-0.39, 0.29) is 11.7 Å².